The van der Waals surface area contributed by atoms with Crippen LogP contribution in [0.2, 0.25) is 0 Å². The summed E-state index contributed by atoms with van der Waals surface area (Å²) < 4.78 is 7.02. The topological polar surface area (TPSA) is 51.8 Å². The minimum atomic E-state index is -0.226. The Morgan fingerprint density at radius 1 is 0.408 bits per heavy atom. The highest BCUT2D eigenvalue weighted by Crippen LogP contribution is 2.91. The molecular formula is C67H47N3O. The Morgan fingerprint density at radius 2 is 0.958 bits per heavy atom. The van der Waals surface area contributed by atoms with Crippen LogP contribution in [0.15, 0.2) is 217 Å². The molecule has 4 nitrogen and oxygen atoms in total. The number of furan rings is 1. The predicted octanol–water partition coefficient (Wildman–Crippen LogP) is 16.2. The van der Waals surface area contributed by atoms with Crippen molar-refractivity contribution in [2.75, 3.05) is 0 Å². The van der Waals surface area contributed by atoms with Crippen molar-refractivity contribution in [1.82, 2.24) is 15.0 Å². The molecule has 3 fully saturated rings. The molecule has 0 aliphatic heterocycles. The molecule has 5 aliphatic rings. The molecule has 11 aromatic rings. The molecule has 2 bridgehead atoms. The molecule has 16 rings (SSSR count). The first-order valence-corrected chi connectivity index (χ1v) is 25.4. The quantitative estimate of drug-likeness (QED) is 0.167. The van der Waals surface area contributed by atoms with Gasteiger partial charge in [-0.05, 0) is 117 Å². The molecule has 6 unspecified atom stereocenters. The van der Waals surface area contributed by atoms with Crippen LogP contribution in [-0.2, 0) is 16.2 Å². The van der Waals surface area contributed by atoms with Gasteiger partial charge in [-0.3, -0.25) is 0 Å². The highest BCUT2D eigenvalue weighted by molar-refractivity contribution is 6.12. The summed E-state index contributed by atoms with van der Waals surface area (Å²) in [5.74, 6) is 2.92. The van der Waals surface area contributed by atoms with Gasteiger partial charge in [-0.15, -0.1) is 0 Å². The van der Waals surface area contributed by atoms with E-state index in [1.165, 1.54) is 72.0 Å². The summed E-state index contributed by atoms with van der Waals surface area (Å²) in [6.07, 6.45) is 3.31. The van der Waals surface area contributed by atoms with Gasteiger partial charge < -0.3 is 4.42 Å². The SMILES string of the molecule is Cc1ccccc1-c1ccccc1C12CC3CC4(c5c(-c6ccc(-c7nc(-c8ccccc8)nc(-c8ccccc8)n7)cc6)ccc6oc7cccc3c7c56)C3c5ccccc5-c5ccccc5C3(C1)C24. The van der Waals surface area contributed by atoms with E-state index in [1.54, 1.807) is 5.56 Å². The van der Waals surface area contributed by atoms with Crippen LogP contribution in [0.5, 0.6) is 0 Å². The van der Waals surface area contributed by atoms with E-state index in [2.05, 4.69) is 183 Å². The largest absolute Gasteiger partial charge is 0.456 e. The van der Waals surface area contributed by atoms with Crippen LogP contribution in [0.4, 0.5) is 0 Å². The molecule has 0 amide bonds. The van der Waals surface area contributed by atoms with Crippen molar-refractivity contribution in [3.05, 3.63) is 246 Å². The lowest BCUT2D eigenvalue weighted by atomic mass is 9.16. The first-order valence-electron chi connectivity index (χ1n) is 25.4. The van der Waals surface area contributed by atoms with Crippen molar-refractivity contribution < 1.29 is 4.42 Å². The number of hydrogen-bond donors (Lipinski definition) is 0. The normalized spacial score (nSPS) is 23.7. The predicted molar refractivity (Wildman–Crippen MR) is 285 cm³/mol. The summed E-state index contributed by atoms with van der Waals surface area (Å²) in [5.41, 5.74) is 21.4. The molecule has 0 saturated heterocycles. The zero-order valence-electron chi connectivity index (χ0n) is 39.3. The third kappa shape index (κ3) is 5.07. The molecule has 3 saturated carbocycles. The van der Waals surface area contributed by atoms with E-state index in [9.17, 15) is 0 Å². The molecule has 2 spiro atoms. The summed E-state index contributed by atoms with van der Waals surface area (Å²) in [7, 11) is 0. The van der Waals surface area contributed by atoms with Gasteiger partial charge in [0.05, 0.1) is 0 Å². The van der Waals surface area contributed by atoms with Crippen LogP contribution < -0.4 is 0 Å². The van der Waals surface area contributed by atoms with Crippen LogP contribution in [0.25, 0.3) is 89.5 Å². The van der Waals surface area contributed by atoms with E-state index in [0.29, 0.717) is 29.3 Å². The minimum Gasteiger partial charge on any atom is -0.456 e. The molecule has 5 aliphatic carbocycles. The number of aromatic nitrogens is 3. The Bertz CT molecular complexity index is 3970. The van der Waals surface area contributed by atoms with Crippen molar-refractivity contribution >= 4 is 21.9 Å². The highest BCUT2D eigenvalue weighted by Gasteiger charge is 2.87. The standard InChI is InChI=1S/C67H47N3O/c1-40-17-8-9-22-46(40)50-24-12-14-28-53(50)65-37-45-38-66(60-52-26-11-10-23-49(52)51-25-13-15-29-54(51)67(60,39-65)64(65)66)59-48(35-36-56-58(59)57-47(45)27-16-30-55(57)71-56)41-31-33-44(34-32-41)63-69-61(42-18-4-2-5-19-42)68-62(70-63)43-20-6-3-7-21-43/h2-36,45,60,64H,37-39H2,1H3. The number of nitrogens with zero attached hydrogens (tertiary/aromatic N) is 3. The van der Waals surface area contributed by atoms with Gasteiger partial charge >= 0.3 is 0 Å². The Morgan fingerprint density at radius 3 is 1.66 bits per heavy atom. The minimum absolute atomic E-state index is 0.0387. The smallest absolute Gasteiger partial charge is 0.164 e. The van der Waals surface area contributed by atoms with E-state index in [4.69, 9.17) is 19.4 Å². The Hall–Kier alpha value is -8.21. The van der Waals surface area contributed by atoms with Gasteiger partial charge in [0.2, 0.25) is 0 Å². The van der Waals surface area contributed by atoms with Gasteiger partial charge in [0.1, 0.15) is 11.2 Å². The second-order valence-electron chi connectivity index (χ2n) is 21.2. The lowest BCUT2D eigenvalue weighted by molar-refractivity contribution is -0.222. The Kier molecular flexibility index (Phi) is 7.93. The molecule has 4 heteroatoms. The molecule has 0 radical (unpaired) electrons. The van der Waals surface area contributed by atoms with Crippen LogP contribution in [0, 0.1) is 12.8 Å². The van der Waals surface area contributed by atoms with Crippen LogP contribution in [-0.4, -0.2) is 15.0 Å². The molecule has 2 aromatic heterocycles. The van der Waals surface area contributed by atoms with Gasteiger partial charge in [0.15, 0.2) is 17.5 Å². The van der Waals surface area contributed by atoms with Crippen LogP contribution in [0.1, 0.15) is 64.5 Å². The third-order valence-corrected chi connectivity index (χ3v) is 18.1. The number of fused-ring (bicyclic) bond motifs is 6. The lowest BCUT2D eigenvalue weighted by Gasteiger charge is -2.86. The summed E-state index contributed by atoms with van der Waals surface area (Å²) in [6.45, 7) is 2.28. The first kappa shape index (κ1) is 39.6. The number of benzene rings is 9. The van der Waals surface area contributed by atoms with E-state index >= 15 is 0 Å². The summed E-state index contributed by atoms with van der Waals surface area (Å²) in [4.78, 5) is 15.3. The molecule has 9 aromatic carbocycles. The van der Waals surface area contributed by atoms with Gasteiger partial charge in [-0.25, -0.2) is 15.0 Å². The maximum atomic E-state index is 7.02. The summed E-state index contributed by atoms with van der Waals surface area (Å²) >= 11 is 0. The number of rotatable bonds is 6. The second-order valence-corrected chi connectivity index (χ2v) is 21.2. The fourth-order valence-corrected chi connectivity index (χ4v) is 16.0. The van der Waals surface area contributed by atoms with Crippen LogP contribution >= 0.6 is 0 Å². The molecule has 336 valence electrons. The van der Waals surface area contributed by atoms with Crippen molar-refractivity contribution in [3.63, 3.8) is 0 Å². The van der Waals surface area contributed by atoms with E-state index in [-0.39, 0.29) is 22.2 Å². The monoisotopic (exact) mass is 909 g/mol. The fraction of sp³-hybridized carbons (Fsp3) is 0.149. The third-order valence-electron chi connectivity index (χ3n) is 18.1. The van der Waals surface area contributed by atoms with Gasteiger partial charge in [0.25, 0.3) is 0 Å². The average molecular weight is 910 g/mol. The van der Waals surface area contributed by atoms with Crippen molar-refractivity contribution in [3.8, 4) is 67.5 Å². The second kappa shape index (κ2) is 14.2. The molecule has 2 heterocycles. The van der Waals surface area contributed by atoms with Gasteiger partial charge in [-0.1, -0.05) is 200 Å². The van der Waals surface area contributed by atoms with Crippen LogP contribution in [0.3, 0.4) is 0 Å². The fourth-order valence-electron chi connectivity index (χ4n) is 16.0. The zero-order chi connectivity index (χ0) is 46.6. The molecule has 0 N–H and O–H groups in total. The molecule has 71 heavy (non-hydrogen) atoms. The highest BCUT2D eigenvalue weighted by atomic mass is 16.3. The maximum absolute atomic E-state index is 7.02. The average Bonchev–Trinajstić information content (AvgIpc) is 3.76. The van der Waals surface area contributed by atoms with Gasteiger partial charge in [0, 0.05) is 49.6 Å². The van der Waals surface area contributed by atoms with Crippen molar-refractivity contribution in [2.24, 2.45) is 5.92 Å². The van der Waals surface area contributed by atoms with E-state index in [0.717, 1.165) is 47.1 Å². The molecule has 6 atom stereocenters. The lowest BCUT2D eigenvalue weighted by Crippen LogP contribution is -2.84. The first-order chi connectivity index (χ1) is 35.0. The van der Waals surface area contributed by atoms with Crippen molar-refractivity contribution in [1.29, 1.82) is 0 Å². The summed E-state index contributed by atoms with van der Waals surface area (Å²) in [5, 5.41) is 2.63. The van der Waals surface area contributed by atoms with E-state index in [1.807, 2.05) is 36.4 Å². The number of aryl methyl sites for hydroxylation is 1. The maximum Gasteiger partial charge on any atom is 0.164 e. The zero-order valence-corrected chi connectivity index (χ0v) is 39.3. The van der Waals surface area contributed by atoms with Gasteiger partial charge in [-0.2, -0.15) is 0 Å². The van der Waals surface area contributed by atoms with Crippen molar-refractivity contribution in [2.45, 2.75) is 54.3 Å². The van der Waals surface area contributed by atoms with E-state index < -0.39 is 0 Å². The number of hydrogen-bond acceptors (Lipinski definition) is 4. The molecular weight excluding hydrogens is 863 g/mol. The Balaban J connectivity index is 0.956. The summed E-state index contributed by atoms with van der Waals surface area (Å²) in [6, 6.07) is 78.6. The Labute approximate surface area is 412 Å².